The smallest absolute Gasteiger partial charge is 0.269 e. The number of amides is 1. The van der Waals surface area contributed by atoms with Gasteiger partial charge >= 0.3 is 0 Å². The van der Waals surface area contributed by atoms with Gasteiger partial charge in [0.1, 0.15) is 0 Å². The number of benzene rings is 1. The highest BCUT2D eigenvalue weighted by atomic mass is 32.1. The number of non-ortho nitro benzene ring substituents is 1. The molecule has 0 saturated heterocycles. The second kappa shape index (κ2) is 8.20. The molecule has 2 heterocycles. The fourth-order valence-corrected chi connectivity index (χ4v) is 4.09. The van der Waals surface area contributed by atoms with Crippen LogP contribution in [0.25, 0.3) is 10.6 Å². The van der Waals surface area contributed by atoms with Gasteiger partial charge in [-0.3, -0.25) is 14.9 Å². The van der Waals surface area contributed by atoms with E-state index in [1.165, 1.54) is 17.0 Å². The van der Waals surface area contributed by atoms with Crippen molar-refractivity contribution in [1.29, 1.82) is 0 Å². The molecule has 2 aromatic heterocycles. The van der Waals surface area contributed by atoms with E-state index < -0.39 is 4.92 Å². The third-order valence-corrected chi connectivity index (χ3v) is 5.68. The van der Waals surface area contributed by atoms with Gasteiger partial charge in [0.2, 0.25) is 5.91 Å². The minimum absolute atomic E-state index is 0.0259. The molecule has 0 fully saturated rings. The van der Waals surface area contributed by atoms with Gasteiger partial charge in [-0.25, -0.2) is 4.98 Å². The average molecular weight is 387 g/mol. The van der Waals surface area contributed by atoms with E-state index in [9.17, 15) is 14.9 Å². The molecule has 26 heavy (non-hydrogen) atoms. The predicted molar refractivity (Wildman–Crippen MR) is 104 cm³/mol. The second-order valence-corrected chi connectivity index (χ2v) is 7.95. The number of nitro groups is 1. The number of carbonyl (C=O) groups is 1. The van der Waals surface area contributed by atoms with Gasteiger partial charge in [0.15, 0.2) is 0 Å². The number of hydrogen-bond donors (Lipinski definition) is 1. The third-order valence-electron chi connectivity index (χ3n) is 3.74. The van der Waals surface area contributed by atoms with Crippen molar-refractivity contribution < 1.29 is 9.72 Å². The molecule has 1 aromatic carbocycles. The number of carbonyl (C=O) groups excluding carboxylic acids is 1. The topological polar surface area (TPSA) is 85.1 Å². The van der Waals surface area contributed by atoms with Crippen LogP contribution >= 0.6 is 22.7 Å². The summed E-state index contributed by atoms with van der Waals surface area (Å²) in [7, 11) is 0. The highest BCUT2D eigenvalue weighted by molar-refractivity contribution is 7.16. The molecule has 0 spiro atoms. The largest absolute Gasteiger partial charge is 0.355 e. The first-order chi connectivity index (χ1) is 12.5. The summed E-state index contributed by atoms with van der Waals surface area (Å²) in [5, 5.41) is 16.6. The van der Waals surface area contributed by atoms with Crippen LogP contribution in [-0.4, -0.2) is 22.4 Å². The first-order valence-electron chi connectivity index (χ1n) is 8.02. The molecule has 8 heteroatoms. The number of aromatic nitrogens is 1. The number of aryl methyl sites for hydroxylation is 1. The highest BCUT2D eigenvalue weighted by Gasteiger charge is 2.09. The van der Waals surface area contributed by atoms with Crippen molar-refractivity contribution in [2.75, 3.05) is 6.54 Å². The summed E-state index contributed by atoms with van der Waals surface area (Å²) in [5.74, 6) is -0.0919. The molecule has 1 N–H and O–H groups in total. The van der Waals surface area contributed by atoms with E-state index in [2.05, 4.69) is 27.8 Å². The van der Waals surface area contributed by atoms with E-state index in [1.807, 2.05) is 6.92 Å². The van der Waals surface area contributed by atoms with E-state index in [-0.39, 0.29) is 18.0 Å². The molecule has 0 bridgehead atoms. The average Bonchev–Trinajstić information content (AvgIpc) is 3.24. The molecule has 3 aromatic rings. The summed E-state index contributed by atoms with van der Waals surface area (Å²) in [6, 6.07) is 10.2. The zero-order chi connectivity index (χ0) is 18.5. The molecule has 6 nitrogen and oxygen atoms in total. The Balaban J connectivity index is 1.46. The fourth-order valence-electron chi connectivity index (χ4n) is 2.44. The number of nitrogens with one attached hydrogen (secondary N) is 1. The van der Waals surface area contributed by atoms with Gasteiger partial charge in [-0.2, -0.15) is 0 Å². The van der Waals surface area contributed by atoms with Crippen molar-refractivity contribution in [3.8, 4) is 10.6 Å². The molecule has 1 amide bonds. The summed E-state index contributed by atoms with van der Waals surface area (Å²) in [5.41, 5.74) is 1.79. The van der Waals surface area contributed by atoms with Crippen LogP contribution in [0, 0.1) is 17.0 Å². The zero-order valence-electron chi connectivity index (χ0n) is 14.1. The number of rotatable bonds is 7. The van der Waals surface area contributed by atoms with E-state index in [4.69, 9.17) is 0 Å². The molecule has 0 saturated carbocycles. The molecule has 0 atom stereocenters. The second-order valence-electron chi connectivity index (χ2n) is 5.72. The van der Waals surface area contributed by atoms with Crippen molar-refractivity contribution in [3.63, 3.8) is 0 Å². The van der Waals surface area contributed by atoms with Gasteiger partial charge in [-0.15, -0.1) is 22.7 Å². The Bertz CT molecular complexity index is 916. The molecular weight excluding hydrogens is 370 g/mol. The van der Waals surface area contributed by atoms with Gasteiger partial charge in [0.25, 0.3) is 5.69 Å². The highest BCUT2D eigenvalue weighted by Crippen LogP contribution is 2.29. The SMILES string of the molecule is Cc1nc(-c2ccc(CCNC(=O)Cc3ccc([N+](=O)[O-])cc3)s2)cs1. The number of thiazole rings is 1. The third kappa shape index (κ3) is 4.74. The molecule has 0 aliphatic carbocycles. The monoisotopic (exact) mass is 387 g/mol. The molecule has 3 rings (SSSR count). The lowest BCUT2D eigenvalue weighted by Crippen LogP contribution is -2.27. The van der Waals surface area contributed by atoms with Crippen LogP contribution in [0.4, 0.5) is 5.69 Å². The first-order valence-corrected chi connectivity index (χ1v) is 9.72. The zero-order valence-corrected chi connectivity index (χ0v) is 15.7. The van der Waals surface area contributed by atoms with Crippen molar-refractivity contribution in [2.24, 2.45) is 0 Å². The summed E-state index contributed by atoms with van der Waals surface area (Å²) < 4.78 is 0. The lowest BCUT2D eigenvalue weighted by Gasteiger charge is -2.04. The Hall–Kier alpha value is -2.58. The van der Waals surface area contributed by atoms with Gasteiger partial charge in [0, 0.05) is 28.9 Å². The molecule has 0 aliphatic rings. The molecular formula is C18H17N3O3S2. The fraction of sp³-hybridized carbons (Fsp3) is 0.222. The number of nitrogens with zero attached hydrogens (tertiary/aromatic N) is 2. The van der Waals surface area contributed by atoms with Gasteiger partial charge in [0.05, 0.1) is 26.9 Å². The standard InChI is InChI=1S/C18H17N3O3S2/c1-12-20-16(11-25-12)17-7-6-15(26-17)8-9-19-18(22)10-13-2-4-14(5-3-13)21(23)24/h2-7,11H,8-10H2,1H3,(H,19,22). The molecule has 0 unspecified atom stereocenters. The van der Waals surface area contributed by atoms with Crippen LogP contribution in [0.3, 0.4) is 0 Å². The summed E-state index contributed by atoms with van der Waals surface area (Å²) in [6.07, 6.45) is 0.978. The first kappa shape index (κ1) is 18.2. The normalized spacial score (nSPS) is 10.7. The lowest BCUT2D eigenvalue weighted by atomic mass is 10.1. The minimum atomic E-state index is -0.452. The number of thiophene rings is 1. The van der Waals surface area contributed by atoms with Gasteiger partial charge in [-0.05, 0) is 31.0 Å². The van der Waals surface area contributed by atoms with Crippen LogP contribution in [0.1, 0.15) is 15.4 Å². The Morgan fingerprint density at radius 3 is 2.65 bits per heavy atom. The van der Waals surface area contributed by atoms with Gasteiger partial charge < -0.3 is 5.32 Å². The summed E-state index contributed by atoms with van der Waals surface area (Å²) in [4.78, 5) is 29.0. The van der Waals surface area contributed by atoms with E-state index in [0.29, 0.717) is 6.54 Å². The Morgan fingerprint density at radius 1 is 1.23 bits per heavy atom. The summed E-state index contributed by atoms with van der Waals surface area (Å²) in [6.45, 7) is 2.55. The van der Waals surface area contributed by atoms with E-state index in [0.717, 1.165) is 27.6 Å². The molecule has 0 aliphatic heterocycles. The lowest BCUT2D eigenvalue weighted by molar-refractivity contribution is -0.384. The van der Waals surface area contributed by atoms with Crippen molar-refractivity contribution >= 4 is 34.3 Å². The van der Waals surface area contributed by atoms with Gasteiger partial charge in [-0.1, -0.05) is 12.1 Å². The van der Waals surface area contributed by atoms with Crippen LogP contribution in [0.2, 0.25) is 0 Å². The van der Waals surface area contributed by atoms with E-state index in [1.54, 1.807) is 34.8 Å². The van der Waals surface area contributed by atoms with Crippen LogP contribution in [0.5, 0.6) is 0 Å². The minimum Gasteiger partial charge on any atom is -0.355 e. The summed E-state index contributed by atoms with van der Waals surface area (Å²) >= 11 is 3.32. The Kier molecular flexibility index (Phi) is 5.75. The van der Waals surface area contributed by atoms with Crippen molar-refractivity contribution in [1.82, 2.24) is 10.3 Å². The molecule has 134 valence electrons. The quantitative estimate of drug-likeness (QED) is 0.491. The Morgan fingerprint density at radius 2 is 2.00 bits per heavy atom. The Labute approximate surface area is 158 Å². The predicted octanol–water partition coefficient (Wildman–Crippen LogP) is 3.99. The molecule has 0 radical (unpaired) electrons. The van der Waals surface area contributed by atoms with Crippen LogP contribution in [-0.2, 0) is 17.6 Å². The maximum atomic E-state index is 12.0. The van der Waals surface area contributed by atoms with Crippen LogP contribution < -0.4 is 5.32 Å². The van der Waals surface area contributed by atoms with E-state index >= 15 is 0 Å². The van der Waals surface area contributed by atoms with Crippen molar-refractivity contribution in [3.05, 3.63) is 67.3 Å². The maximum Gasteiger partial charge on any atom is 0.269 e. The number of nitro benzene ring substituents is 1. The van der Waals surface area contributed by atoms with Crippen molar-refractivity contribution in [2.45, 2.75) is 19.8 Å². The number of hydrogen-bond acceptors (Lipinski definition) is 6. The van der Waals surface area contributed by atoms with Crippen LogP contribution in [0.15, 0.2) is 41.8 Å². The maximum absolute atomic E-state index is 12.0.